The first-order valence-electron chi connectivity index (χ1n) is 7.83. The quantitative estimate of drug-likeness (QED) is 0.875. The van der Waals surface area contributed by atoms with Crippen molar-refractivity contribution in [3.05, 3.63) is 35.4 Å². The molecule has 1 atom stereocenters. The van der Waals surface area contributed by atoms with Crippen molar-refractivity contribution in [2.75, 3.05) is 13.1 Å². The normalized spacial score (nSPS) is 19.8. The van der Waals surface area contributed by atoms with Crippen molar-refractivity contribution < 1.29 is 0 Å². The fourth-order valence-electron chi connectivity index (χ4n) is 3.54. The Morgan fingerprint density at radius 3 is 2.55 bits per heavy atom. The summed E-state index contributed by atoms with van der Waals surface area (Å²) in [6.45, 7) is 13.6. The van der Waals surface area contributed by atoms with Gasteiger partial charge in [0.15, 0.2) is 0 Å². The topological polar surface area (TPSA) is 24.1 Å². The van der Waals surface area contributed by atoms with E-state index >= 15 is 0 Å². The van der Waals surface area contributed by atoms with E-state index in [9.17, 15) is 0 Å². The number of hydrogen-bond donors (Lipinski definition) is 2. The third-order valence-electron chi connectivity index (χ3n) is 3.97. The van der Waals surface area contributed by atoms with Crippen LogP contribution < -0.4 is 10.6 Å². The van der Waals surface area contributed by atoms with Crippen LogP contribution in [0.3, 0.4) is 0 Å². The van der Waals surface area contributed by atoms with Crippen LogP contribution in [-0.4, -0.2) is 18.6 Å². The minimum atomic E-state index is 0.173. The smallest absolute Gasteiger partial charge is 0.0449 e. The van der Waals surface area contributed by atoms with Gasteiger partial charge in [-0.25, -0.2) is 0 Å². The Morgan fingerprint density at radius 2 is 1.85 bits per heavy atom. The molecule has 2 rings (SSSR count). The van der Waals surface area contributed by atoms with Crippen molar-refractivity contribution in [1.29, 1.82) is 0 Å². The van der Waals surface area contributed by atoms with Crippen molar-refractivity contribution in [2.24, 2.45) is 5.41 Å². The Hall–Kier alpha value is -0.860. The van der Waals surface area contributed by atoms with E-state index < -0.39 is 0 Å². The first kappa shape index (κ1) is 15.5. The minimum Gasteiger partial charge on any atom is -0.310 e. The van der Waals surface area contributed by atoms with E-state index in [4.69, 9.17) is 0 Å². The van der Waals surface area contributed by atoms with Crippen LogP contribution in [0.15, 0.2) is 24.3 Å². The maximum atomic E-state index is 3.76. The third kappa shape index (κ3) is 4.32. The van der Waals surface area contributed by atoms with E-state index in [1.54, 1.807) is 0 Å². The average Bonchev–Trinajstić information content (AvgIpc) is 2.33. The molecule has 1 unspecified atom stereocenters. The highest BCUT2D eigenvalue weighted by atomic mass is 15.0. The van der Waals surface area contributed by atoms with Gasteiger partial charge in [0.1, 0.15) is 0 Å². The Kier molecular flexibility index (Phi) is 4.55. The van der Waals surface area contributed by atoms with Gasteiger partial charge in [0, 0.05) is 18.1 Å². The second-order valence-corrected chi connectivity index (χ2v) is 7.96. The predicted octanol–water partition coefficient (Wildman–Crippen LogP) is 3.68. The number of nitrogens with one attached hydrogen (secondary N) is 2. The molecular formula is C18H30N2. The molecule has 20 heavy (non-hydrogen) atoms. The molecule has 0 spiro atoms. The van der Waals surface area contributed by atoms with Crippen LogP contribution in [0.1, 0.15) is 58.2 Å². The van der Waals surface area contributed by atoms with Gasteiger partial charge in [-0.2, -0.15) is 0 Å². The summed E-state index contributed by atoms with van der Waals surface area (Å²) in [5.41, 5.74) is 3.50. The SMILES string of the molecule is CC(C)(C)CC(C)(C)NCC1NCCc2ccccc21. The first-order valence-corrected chi connectivity index (χ1v) is 7.83. The van der Waals surface area contributed by atoms with E-state index in [2.05, 4.69) is 69.5 Å². The monoisotopic (exact) mass is 274 g/mol. The minimum absolute atomic E-state index is 0.173. The molecule has 2 nitrogen and oxygen atoms in total. The molecule has 2 heteroatoms. The van der Waals surface area contributed by atoms with E-state index in [0.717, 1.165) is 19.5 Å². The molecule has 0 radical (unpaired) electrons. The van der Waals surface area contributed by atoms with Gasteiger partial charge < -0.3 is 10.6 Å². The molecule has 1 aromatic carbocycles. The lowest BCUT2D eigenvalue weighted by molar-refractivity contribution is 0.234. The van der Waals surface area contributed by atoms with Gasteiger partial charge in [-0.05, 0) is 49.8 Å². The molecule has 0 saturated heterocycles. The number of hydrogen-bond acceptors (Lipinski definition) is 2. The zero-order chi connectivity index (χ0) is 14.8. The molecule has 0 bridgehead atoms. The van der Waals surface area contributed by atoms with Crippen LogP contribution in [0.5, 0.6) is 0 Å². The lowest BCUT2D eigenvalue weighted by atomic mass is 9.81. The Bertz CT molecular complexity index is 443. The Morgan fingerprint density at radius 1 is 1.15 bits per heavy atom. The van der Waals surface area contributed by atoms with Crippen LogP contribution >= 0.6 is 0 Å². The standard InChI is InChI=1S/C18H30N2/c1-17(2,3)13-18(4,5)20-12-16-15-9-7-6-8-14(15)10-11-19-16/h6-9,16,19-20H,10-13H2,1-5H3. The van der Waals surface area contributed by atoms with Gasteiger partial charge in [-0.1, -0.05) is 45.0 Å². The molecular weight excluding hydrogens is 244 g/mol. The van der Waals surface area contributed by atoms with Crippen molar-refractivity contribution in [3.63, 3.8) is 0 Å². The molecule has 112 valence electrons. The molecule has 0 aromatic heterocycles. The summed E-state index contributed by atoms with van der Waals surface area (Å²) in [4.78, 5) is 0. The van der Waals surface area contributed by atoms with Gasteiger partial charge in [-0.3, -0.25) is 0 Å². The summed E-state index contributed by atoms with van der Waals surface area (Å²) >= 11 is 0. The highest BCUT2D eigenvalue weighted by Gasteiger charge is 2.27. The predicted molar refractivity (Wildman–Crippen MR) is 87.0 cm³/mol. The number of benzene rings is 1. The van der Waals surface area contributed by atoms with Crippen molar-refractivity contribution in [2.45, 2.75) is 59.0 Å². The lowest BCUT2D eigenvalue weighted by Crippen LogP contribution is -2.47. The summed E-state index contributed by atoms with van der Waals surface area (Å²) in [5.74, 6) is 0. The largest absolute Gasteiger partial charge is 0.310 e. The first-order chi connectivity index (χ1) is 9.27. The van der Waals surface area contributed by atoms with Gasteiger partial charge >= 0.3 is 0 Å². The van der Waals surface area contributed by atoms with Gasteiger partial charge in [0.2, 0.25) is 0 Å². The molecule has 1 heterocycles. The maximum Gasteiger partial charge on any atom is 0.0449 e. The molecule has 0 aliphatic carbocycles. The highest BCUT2D eigenvalue weighted by Crippen LogP contribution is 2.28. The van der Waals surface area contributed by atoms with Crippen LogP contribution in [0.25, 0.3) is 0 Å². The lowest BCUT2D eigenvalue weighted by Gasteiger charge is -2.36. The molecule has 0 amide bonds. The molecule has 1 aromatic rings. The summed E-state index contributed by atoms with van der Waals surface area (Å²) in [6, 6.07) is 9.28. The van der Waals surface area contributed by atoms with Crippen LogP contribution in [0, 0.1) is 5.41 Å². The Labute approximate surface area is 124 Å². The van der Waals surface area contributed by atoms with Crippen LogP contribution in [0.2, 0.25) is 0 Å². The summed E-state index contributed by atoms with van der Waals surface area (Å²) in [7, 11) is 0. The van der Waals surface area contributed by atoms with Crippen molar-refractivity contribution in [3.8, 4) is 0 Å². The summed E-state index contributed by atoms with van der Waals surface area (Å²) in [6.07, 6.45) is 2.33. The van der Waals surface area contributed by atoms with E-state index in [1.807, 2.05) is 0 Å². The van der Waals surface area contributed by atoms with Crippen LogP contribution in [-0.2, 0) is 6.42 Å². The van der Waals surface area contributed by atoms with Gasteiger partial charge in [0.25, 0.3) is 0 Å². The van der Waals surface area contributed by atoms with Crippen molar-refractivity contribution >= 4 is 0 Å². The summed E-state index contributed by atoms with van der Waals surface area (Å²) in [5, 5.41) is 7.41. The second-order valence-electron chi connectivity index (χ2n) is 7.96. The fourth-order valence-corrected chi connectivity index (χ4v) is 3.54. The zero-order valence-electron chi connectivity index (χ0n) is 13.7. The van der Waals surface area contributed by atoms with E-state index in [1.165, 1.54) is 17.5 Å². The zero-order valence-corrected chi connectivity index (χ0v) is 13.7. The molecule has 0 saturated carbocycles. The highest BCUT2D eigenvalue weighted by molar-refractivity contribution is 5.32. The second kappa shape index (κ2) is 5.87. The molecule has 2 N–H and O–H groups in total. The molecule has 0 fully saturated rings. The molecule has 1 aliphatic heterocycles. The van der Waals surface area contributed by atoms with Gasteiger partial charge in [-0.15, -0.1) is 0 Å². The third-order valence-corrected chi connectivity index (χ3v) is 3.97. The number of fused-ring (bicyclic) bond motifs is 1. The van der Waals surface area contributed by atoms with E-state index in [-0.39, 0.29) is 5.54 Å². The Balaban J connectivity index is 1.98. The van der Waals surface area contributed by atoms with Crippen LogP contribution in [0.4, 0.5) is 0 Å². The average molecular weight is 274 g/mol. The molecule has 1 aliphatic rings. The maximum absolute atomic E-state index is 3.76. The number of rotatable bonds is 4. The van der Waals surface area contributed by atoms with Crippen molar-refractivity contribution in [1.82, 2.24) is 10.6 Å². The fraction of sp³-hybridized carbons (Fsp3) is 0.667. The summed E-state index contributed by atoms with van der Waals surface area (Å²) < 4.78 is 0. The van der Waals surface area contributed by atoms with E-state index in [0.29, 0.717) is 11.5 Å². The van der Waals surface area contributed by atoms with Gasteiger partial charge in [0.05, 0.1) is 0 Å².